The van der Waals surface area contributed by atoms with E-state index in [1.165, 1.54) is 6.07 Å². The molecule has 1 N–H and O–H groups in total. The first-order chi connectivity index (χ1) is 12.5. The van der Waals surface area contributed by atoms with Crippen molar-refractivity contribution in [3.05, 3.63) is 46.8 Å². The molecule has 2 atom stereocenters. The van der Waals surface area contributed by atoms with Crippen molar-refractivity contribution in [3.8, 4) is 5.69 Å². The minimum absolute atomic E-state index is 0. The van der Waals surface area contributed by atoms with E-state index in [1.807, 2.05) is 11.8 Å². The van der Waals surface area contributed by atoms with Crippen LogP contribution in [0.4, 0.5) is 8.78 Å². The molecule has 27 heavy (non-hydrogen) atoms. The molecule has 1 aromatic carbocycles. The zero-order valence-electron chi connectivity index (χ0n) is 15.3. The number of amides is 1. The number of nitrogens with one attached hydrogen (secondary N) is 1. The van der Waals surface area contributed by atoms with Crippen molar-refractivity contribution in [2.75, 3.05) is 13.1 Å². The molecule has 2 aliphatic rings. The monoisotopic (exact) mass is 396 g/mol. The number of hydrogen-bond acceptors (Lipinski definition) is 3. The molecule has 1 amide bonds. The van der Waals surface area contributed by atoms with Gasteiger partial charge in [-0.1, -0.05) is 0 Å². The molecule has 1 aliphatic carbocycles. The molecule has 0 saturated carbocycles. The summed E-state index contributed by atoms with van der Waals surface area (Å²) in [6, 6.07) is 4.00. The standard InChI is InChI=1S/C19H22F2N4O.ClH/c1-11-12(2)24(9-8-22-11)19(26)18-14-4-3-5-17(14)25(23-18)13-6-7-15(20)16(21)10-13;/h6-7,10-12,22H,3-5,8-9H2,1-2H3;1H. The fourth-order valence-electron chi connectivity index (χ4n) is 3.92. The van der Waals surface area contributed by atoms with Crippen molar-refractivity contribution in [1.82, 2.24) is 20.0 Å². The lowest BCUT2D eigenvalue weighted by Crippen LogP contribution is -2.57. The van der Waals surface area contributed by atoms with Crippen molar-refractivity contribution in [3.63, 3.8) is 0 Å². The van der Waals surface area contributed by atoms with Crippen molar-refractivity contribution in [2.45, 2.75) is 45.2 Å². The number of carbonyl (C=O) groups is 1. The van der Waals surface area contributed by atoms with E-state index < -0.39 is 11.6 Å². The van der Waals surface area contributed by atoms with Crippen LogP contribution in [0, 0.1) is 11.6 Å². The highest BCUT2D eigenvalue weighted by Crippen LogP contribution is 2.29. The van der Waals surface area contributed by atoms with E-state index in [9.17, 15) is 13.6 Å². The van der Waals surface area contributed by atoms with Crippen LogP contribution in [0.5, 0.6) is 0 Å². The van der Waals surface area contributed by atoms with E-state index >= 15 is 0 Å². The molecule has 2 aromatic rings. The number of benzene rings is 1. The van der Waals surface area contributed by atoms with Crippen molar-refractivity contribution in [2.24, 2.45) is 0 Å². The van der Waals surface area contributed by atoms with Gasteiger partial charge in [-0.3, -0.25) is 4.79 Å². The molecule has 4 rings (SSSR count). The van der Waals surface area contributed by atoms with Gasteiger partial charge in [-0.15, -0.1) is 12.4 Å². The molecule has 0 spiro atoms. The zero-order valence-corrected chi connectivity index (χ0v) is 16.2. The summed E-state index contributed by atoms with van der Waals surface area (Å²) in [5, 5.41) is 7.89. The smallest absolute Gasteiger partial charge is 0.275 e. The number of carbonyl (C=O) groups excluding carboxylic acids is 1. The quantitative estimate of drug-likeness (QED) is 0.849. The second-order valence-electron chi connectivity index (χ2n) is 7.12. The number of fused-ring (bicyclic) bond motifs is 1. The van der Waals surface area contributed by atoms with Crippen LogP contribution in [0.3, 0.4) is 0 Å². The highest BCUT2D eigenvalue weighted by molar-refractivity contribution is 5.94. The Morgan fingerprint density at radius 2 is 2.00 bits per heavy atom. The lowest BCUT2D eigenvalue weighted by molar-refractivity contribution is 0.0595. The predicted molar refractivity (Wildman–Crippen MR) is 101 cm³/mol. The summed E-state index contributed by atoms with van der Waals surface area (Å²) in [5.41, 5.74) is 2.76. The van der Waals surface area contributed by atoms with Gasteiger partial charge in [0.1, 0.15) is 0 Å². The van der Waals surface area contributed by atoms with Gasteiger partial charge in [0.15, 0.2) is 17.3 Å². The molecule has 2 heterocycles. The van der Waals surface area contributed by atoms with Crippen LogP contribution in [-0.4, -0.2) is 45.8 Å². The fraction of sp³-hybridized carbons (Fsp3) is 0.474. The van der Waals surface area contributed by atoms with Crippen LogP contribution in [0.25, 0.3) is 5.69 Å². The molecule has 1 saturated heterocycles. The number of rotatable bonds is 2. The molecular weight excluding hydrogens is 374 g/mol. The largest absolute Gasteiger partial charge is 0.332 e. The highest BCUT2D eigenvalue weighted by Gasteiger charge is 2.34. The van der Waals surface area contributed by atoms with Crippen LogP contribution in [0.2, 0.25) is 0 Å². The first-order valence-electron chi connectivity index (χ1n) is 9.08. The molecule has 1 fully saturated rings. The Bertz CT molecular complexity index is 870. The molecule has 1 aliphatic heterocycles. The maximum atomic E-state index is 13.7. The molecule has 0 bridgehead atoms. The summed E-state index contributed by atoms with van der Waals surface area (Å²) < 4.78 is 28.5. The summed E-state index contributed by atoms with van der Waals surface area (Å²) in [5.74, 6) is -1.88. The van der Waals surface area contributed by atoms with E-state index in [4.69, 9.17) is 0 Å². The second-order valence-corrected chi connectivity index (χ2v) is 7.12. The van der Waals surface area contributed by atoms with Crippen molar-refractivity contribution in [1.29, 1.82) is 0 Å². The zero-order chi connectivity index (χ0) is 18.4. The molecule has 8 heteroatoms. The summed E-state index contributed by atoms with van der Waals surface area (Å²) in [6.07, 6.45) is 2.50. The van der Waals surface area contributed by atoms with Gasteiger partial charge in [-0.05, 0) is 45.2 Å². The van der Waals surface area contributed by atoms with Gasteiger partial charge in [-0.25, -0.2) is 13.5 Å². The molecule has 5 nitrogen and oxygen atoms in total. The van der Waals surface area contributed by atoms with E-state index in [2.05, 4.69) is 17.3 Å². The predicted octanol–water partition coefficient (Wildman–Crippen LogP) is 2.88. The van der Waals surface area contributed by atoms with Gasteiger partial charge in [0.2, 0.25) is 0 Å². The first-order valence-corrected chi connectivity index (χ1v) is 9.08. The van der Waals surface area contributed by atoms with Gasteiger partial charge >= 0.3 is 0 Å². The number of piperazine rings is 1. The Hall–Kier alpha value is -1.99. The highest BCUT2D eigenvalue weighted by atomic mass is 35.5. The Balaban J connectivity index is 0.00000210. The minimum atomic E-state index is -0.915. The summed E-state index contributed by atoms with van der Waals surface area (Å²) in [7, 11) is 0. The molecule has 0 radical (unpaired) electrons. The normalized spacial score (nSPS) is 21.7. The average molecular weight is 397 g/mol. The van der Waals surface area contributed by atoms with E-state index in [-0.39, 0.29) is 30.4 Å². The van der Waals surface area contributed by atoms with Crippen LogP contribution >= 0.6 is 12.4 Å². The van der Waals surface area contributed by atoms with E-state index in [1.54, 1.807) is 4.68 Å². The topological polar surface area (TPSA) is 50.2 Å². The third-order valence-electron chi connectivity index (χ3n) is 5.58. The fourth-order valence-corrected chi connectivity index (χ4v) is 3.92. The van der Waals surface area contributed by atoms with Gasteiger partial charge < -0.3 is 10.2 Å². The summed E-state index contributed by atoms with van der Waals surface area (Å²) in [6.45, 7) is 5.48. The van der Waals surface area contributed by atoms with Gasteiger partial charge in [-0.2, -0.15) is 5.10 Å². The van der Waals surface area contributed by atoms with E-state index in [0.717, 1.165) is 49.2 Å². The Morgan fingerprint density at radius 1 is 1.22 bits per heavy atom. The Morgan fingerprint density at radius 3 is 2.74 bits per heavy atom. The number of halogens is 3. The number of aromatic nitrogens is 2. The van der Waals surface area contributed by atoms with E-state index in [0.29, 0.717) is 17.9 Å². The Labute approximate surface area is 163 Å². The maximum Gasteiger partial charge on any atom is 0.275 e. The minimum Gasteiger partial charge on any atom is -0.332 e. The first kappa shape index (κ1) is 19.8. The van der Waals surface area contributed by atoms with Crippen LogP contribution in [0.1, 0.15) is 42.0 Å². The van der Waals surface area contributed by atoms with Gasteiger partial charge in [0.25, 0.3) is 5.91 Å². The lowest BCUT2D eigenvalue weighted by Gasteiger charge is -2.38. The lowest BCUT2D eigenvalue weighted by atomic mass is 10.1. The summed E-state index contributed by atoms with van der Waals surface area (Å²) in [4.78, 5) is 15.0. The van der Waals surface area contributed by atoms with Crippen LogP contribution < -0.4 is 5.32 Å². The average Bonchev–Trinajstić information content (AvgIpc) is 3.22. The number of hydrogen-bond donors (Lipinski definition) is 1. The van der Waals surface area contributed by atoms with Crippen LogP contribution in [-0.2, 0) is 12.8 Å². The second kappa shape index (κ2) is 7.56. The van der Waals surface area contributed by atoms with Crippen molar-refractivity contribution >= 4 is 18.3 Å². The van der Waals surface area contributed by atoms with Gasteiger partial charge in [0.05, 0.1) is 5.69 Å². The van der Waals surface area contributed by atoms with Crippen molar-refractivity contribution < 1.29 is 13.6 Å². The molecular formula is C19H23ClF2N4O. The molecule has 2 unspecified atom stereocenters. The maximum absolute atomic E-state index is 13.7. The molecule has 1 aromatic heterocycles. The third kappa shape index (κ3) is 3.34. The van der Waals surface area contributed by atoms with Gasteiger partial charge in [0, 0.05) is 42.5 Å². The Kier molecular flexibility index (Phi) is 5.53. The summed E-state index contributed by atoms with van der Waals surface area (Å²) >= 11 is 0. The third-order valence-corrected chi connectivity index (χ3v) is 5.58. The number of nitrogens with zero attached hydrogens (tertiary/aromatic N) is 3. The van der Waals surface area contributed by atoms with Crippen LogP contribution in [0.15, 0.2) is 18.2 Å². The SMILES string of the molecule is CC1NCCN(C(=O)c2nn(-c3ccc(F)c(F)c3)c3c2CCC3)C1C.Cl. The molecule has 146 valence electrons.